The predicted octanol–water partition coefficient (Wildman–Crippen LogP) is 2.66. The SMILES string of the molecule is C=CCc1nc(C)nc(N(C=C)C(C)CC)n1. The molecule has 4 heteroatoms. The van der Waals surface area contributed by atoms with E-state index >= 15 is 0 Å². The van der Waals surface area contributed by atoms with Crippen LogP contribution in [0.5, 0.6) is 0 Å². The zero-order valence-corrected chi connectivity index (χ0v) is 10.8. The average Bonchev–Trinajstić information content (AvgIpc) is 2.29. The third-order valence-electron chi connectivity index (χ3n) is 2.60. The molecule has 0 radical (unpaired) electrons. The summed E-state index contributed by atoms with van der Waals surface area (Å²) < 4.78 is 0. The molecule has 92 valence electrons. The Kier molecular flexibility index (Phi) is 4.82. The lowest BCUT2D eigenvalue weighted by molar-refractivity contribution is 0.662. The van der Waals surface area contributed by atoms with Gasteiger partial charge in [0.05, 0.1) is 0 Å². The van der Waals surface area contributed by atoms with E-state index in [1.807, 2.05) is 11.8 Å². The molecular formula is C13H20N4. The molecular weight excluding hydrogens is 212 g/mol. The van der Waals surface area contributed by atoms with E-state index in [1.165, 1.54) is 0 Å². The van der Waals surface area contributed by atoms with Crippen molar-refractivity contribution in [2.45, 2.75) is 39.7 Å². The van der Waals surface area contributed by atoms with Crippen molar-refractivity contribution in [1.82, 2.24) is 15.0 Å². The molecule has 1 rings (SSSR count). The van der Waals surface area contributed by atoms with E-state index in [1.54, 1.807) is 12.3 Å². The van der Waals surface area contributed by atoms with Gasteiger partial charge in [-0.15, -0.1) is 6.58 Å². The van der Waals surface area contributed by atoms with Crippen LogP contribution in [0.15, 0.2) is 25.4 Å². The van der Waals surface area contributed by atoms with Crippen LogP contribution in [0, 0.1) is 6.92 Å². The number of allylic oxidation sites excluding steroid dienone is 1. The third kappa shape index (κ3) is 3.37. The van der Waals surface area contributed by atoms with Gasteiger partial charge < -0.3 is 4.90 Å². The minimum Gasteiger partial charge on any atom is -0.315 e. The molecule has 0 aliphatic rings. The molecule has 0 saturated carbocycles. The zero-order valence-electron chi connectivity index (χ0n) is 10.8. The number of hydrogen-bond donors (Lipinski definition) is 0. The first-order valence-corrected chi connectivity index (χ1v) is 5.85. The van der Waals surface area contributed by atoms with E-state index in [0.717, 1.165) is 18.1 Å². The molecule has 0 bridgehead atoms. The predicted molar refractivity (Wildman–Crippen MR) is 70.9 cm³/mol. The molecule has 0 fully saturated rings. The van der Waals surface area contributed by atoms with Crippen molar-refractivity contribution < 1.29 is 0 Å². The molecule has 1 aromatic rings. The van der Waals surface area contributed by atoms with Crippen LogP contribution in [0.2, 0.25) is 0 Å². The first-order valence-electron chi connectivity index (χ1n) is 5.85. The first-order chi connectivity index (χ1) is 8.12. The molecule has 0 aliphatic carbocycles. The number of anilines is 1. The van der Waals surface area contributed by atoms with E-state index in [0.29, 0.717) is 18.4 Å². The minimum absolute atomic E-state index is 0.325. The number of hydrogen-bond acceptors (Lipinski definition) is 4. The highest BCUT2D eigenvalue weighted by atomic mass is 15.3. The van der Waals surface area contributed by atoms with Crippen molar-refractivity contribution in [3.05, 3.63) is 37.1 Å². The molecule has 1 aromatic heterocycles. The van der Waals surface area contributed by atoms with E-state index < -0.39 is 0 Å². The van der Waals surface area contributed by atoms with E-state index in [9.17, 15) is 0 Å². The van der Waals surface area contributed by atoms with Crippen LogP contribution in [0.3, 0.4) is 0 Å². The van der Waals surface area contributed by atoms with Crippen LogP contribution < -0.4 is 4.90 Å². The second-order valence-corrected chi connectivity index (χ2v) is 3.94. The maximum absolute atomic E-state index is 4.42. The summed E-state index contributed by atoms with van der Waals surface area (Å²) in [7, 11) is 0. The molecule has 1 heterocycles. The lowest BCUT2D eigenvalue weighted by Gasteiger charge is -2.24. The Bertz CT molecular complexity index is 400. The molecule has 1 atom stereocenters. The maximum atomic E-state index is 4.42. The fourth-order valence-electron chi connectivity index (χ4n) is 1.51. The highest BCUT2D eigenvalue weighted by Gasteiger charge is 2.14. The Morgan fingerprint density at radius 1 is 1.29 bits per heavy atom. The molecule has 1 unspecified atom stereocenters. The smallest absolute Gasteiger partial charge is 0.233 e. The van der Waals surface area contributed by atoms with Crippen molar-refractivity contribution >= 4 is 5.95 Å². The second kappa shape index (κ2) is 6.13. The van der Waals surface area contributed by atoms with E-state index in [2.05, 4.69) is 42.0 Å². The lowest BCUT2D eigenvalue weighted by atomic mass is 10.2. The number of rotatable bonds is 6. The van der Waals surface area contributed by atoms with Crippen LogP contribution in [0.25, 0.3) is 0 Å². The normalized spacial score (nSPS) is 11.9. The molecule has 0 amide bonds. The van der Waals surface area contributed by atoms with Gasteiger partial charge in [0.2, 0.25) is 5.95 Å². The van der Waals surface area contributed by atoms with Gasteiger partial charge in [0.1, 0.15) is 11.6 Å². The first kappa shape index (κ1) is 13.4. The van der Waals surface area contributed by atoms with Gasteiger partial charge in [-0.25, -0.2) is 4.98 Å². The van der Waals surface area contributed by atoms with Gasteiger partial charge in [0.15, 0.2) is 0 Å². The standard InChI is InChI=1S/C13H20N4/c1-6-9-12-14-11(5)15-13(16-12)17(8-3)10(4)7-2/h6,8,10H,1,3,7,9H2,2,4-5H3. The summed E-state index contributed by atoms with van der Waals surface area (Å²) in [6.45, 7) is 13.6. The molecule has 0 saturated heterocycles. The van der Waals surface area contributed by atoms with Gasteiger partial charge in [0, 0.05) is 18.7 Å². The van der Waals surface area contributed by atoms with Crippen molar-refractivity contribution in [3.8, 4) is 0 Å². The Morgan fingerprint density at radius 3 is 2.53 bits per heavy atom. The highest BCUT2D eigenvalue weighted by Crippen LogP contribution is 2.14. The van der Waals surface area contributed by atoms with Gasteiger partial charge in [-0.05, 0) is 20.3 Å². The summed E-state index contributed by atoms with van der Waals surface area (Å²) in [5.74, 6) is 2.14. The van der Waals surface area contributed by atoms with Crippen LogP contribution >= 0.6 is 0 Å². The van der Waals surface area contributed by atoms with Crippen molar-refractivity contribution in [2.24, 2.45) is 0 Å². The topological polar surface area (TPSA) is 41.9 Å². The van der Waals surface area contributed by atoms with E-state index in [4.69, 9.17) is 0 Å². The van der Waals surface area contributed by atoms with Gasteiger partial charge in [0.25, 0.3) is 0 Å². The second-order valence-electron chi connectivity index (χ2n) is 3.94. The molecule has 0 N–H and O–H groups in total. The van der Waals surface area contributed by atoms with Crippen LogP contribution in [-0.4, -0.2) is 21.0 Å². The Labute approximate surface area is 103 Å². The summed E-state index contributed by atoms with van der Waals surface area (Å²) in [5, 5.41) is 0. The largest absolute Gasteiger partial charge is 0.315 e. The summed E-state index contributed by atoms with van der Waals surface area (Å²) in [5.41, 5.74) is 0. The number of aryl methyl sites for hydroxylation is 1. The van der Waals surface area contributed by atoms with Crippen LogP contribution in [0.4, 0.5) is 5.95 Å². The van der Waals surface area contributed by atoms with Crippen molar-refractivity contribution in [2.75, 3.05) is 4.90 Å². The monoisotopic (exact) mass is 232 g/mol. The fraction of sp³-hybridized carbons (Fsp3) is 0.462. The molecule has 4 nitrogen and oxygen atoms in total. The number of aromatic nitrogens is 3. The van der Waals surface area contributed by atoms with Gasteiger partial charge in [-0.1, -0.05) is 19.6 Å². The fourth-order valence-corrected chi connectivity index (χ4v) is 1.51. The summed E-state index contributed by atoms with van der Waals surface area (Å²) in [6.07, 6.45) is 5.22. The Balaban J connectivity index is 3.10. The minimum atomic E-state index is 0.325. The summed E-state index contributed by atoms with van der Waals surface area (Å²) in [6, 6.07) is 0.325. The maximum Gasteiger partial charge on any atom is 0.233 e. The van der Waals surface area contributed by atoms with Gasteiger partial charge in [-0.2, -0.15) is 9.97 Å². The van der Waals surface area contributed by atoms with Crippen LogP contribution in [0.1, 0.15) is 31.9 Å². The van der Waals surface area contributed by atoms with Crippen molar-refractivity contribution in [3.63, 3.8) is 0 Å². The average molecular weight is 232 g/mol. The third-order valence-corrected chi connectivity index (χ3v) is 2.60. The lowest BCUT2D eigenvalue weighted by Crippen LogP contribution is -2.29. The van der Waals surface area contributed by atoms with Gasteiger partial charge in [-0.3, -0.25) is 0 Å². The molecule has 0 spiro atoms. The van der Waals surface area contributed by atoms with Crippen molar-refractivity contribution in [1.29, 1.82) is 0 Å². The molecule has 17 heavy (non-hydrogen) atoms. The number of nitrogens with zero attached hydrogens (tertiary/aromatic N) is 4. The zero-order chi connectivity index (χ0) is 12.8. The van der Waals surface area contributed by atoms with Gasteiger partial charge >= 0.3 is 0 Å². The highest BCUT2D eigenvalue weighted by molar-refractivity contribution is 5.35. The molecule has 0 aromatic carbocycles. The van der Waals surface area contributed by atoms with Crippen LogP contribution in [-0.2, 0) is 6.42 Å². The molecule has 0 aliphatic heterocycles. The Hall–Kier alpha value is -1.71. The quantitative estimate of drug-likeness (QED) is 0.707. The Morgan fingerprint density at radius 2 is 2.00 bits per heavy atom. The summed E-state index contributed by atoms with van der Waals surface area (Å²) in [4.78, 5) is 15.0. The summed E-state index contributed by atoms with van der Waals surface area (Å²) >= 11 is 0. The van der Waals surface area contributed by atoms with E-state index in [-0.39, 0.29) is 0 Å².